The SMILES string of the molecule is CC1(C)c2ccccc2-c2ccc(N(c3ccc(-c4ccc5c(c4)c4cc6ccn(-c7ccccc7)c6cc4n5-c4ccccc4)cc3)c3ccc(-c4ccccn4)cc3)cc21. The number of hydrogen-bond donors (Lipinski definition) is 0. The number of aromatic nitrogens is 3. The fraction of sp³-hybridized carbons (Fsp3) is 0.0517. The van der Waals surface area contributed by atoms with Gasteiger partial charge in [0.25, 0.3) is 0 Å². The van der Waals surface area contributed by atoms with Gasteiger partial charge in [-0.3, -0.25) is 4.98 Å². The third-order valence-corrected chi connectivity index (χ3v) is 13.0. The second-order valence-electron chi connectivity index (χ2n) is 16.9. The molecule has 0 unspecified atom stereocenters. The fourth-order valence-electron chi connectivity index (χ4n) is 9.89. The van der Waals surface area contributed by atoms with Gasteiger partial charge < -0.3 is 14.0 Å². The molecule has 3 aromatic heterocycles. The van der Waals surface area contributed by atoms with Gasteiger partial charge in [0, 0.05) is 68.0 Å². The van der Waals surface area contributed by atoms with Crippen LogP contribution in [0.1, 0.15) is 25.0 Å². The molecule has 1 aliphatic rings. The van der Waals surface area contributed by atoms with E-state index in [0.717, 1.165) is 39.7 Å². The lowest BCUT2D eigenvalue weighted by Crippen LogP contribution is -2.16. The van der Waals surface area contributed by atoms with Crippen LogP contribution in [0.3, 0.4) is 0 Å². The van der Waals surface area contributed by atoms with Crippen LogP contribution in [-0.4, -0.2) is 14.1 Å². The standard InChI is InChI=1S/C58H42N4/c1-58(2)52-18-10-9-17-48(52)49-30-29-47(37-53(49)58)61(46-27-22-40(23-28-46)54-19-11-12-33-59-54)45-25-20-39(21-26-45)41-24-31-55-50(35-41)51-36-42-32-34-60(43-13-5-3-6-14-43)56(42)38-57(51)62(55)44-15-7-4-8-16-44/h3-38H,1-2H3. The van der Waals surface area contributed by atoms with E-state index in [4.69, 9.17) is 0 Å². The molecule has 11 aromatic rings. The van der Waals surface area contributed by atoms with Gasteiger partial charge in [-0.1, -0.05) is 117 Å². The molecule has 0 aliphatic heterocycles. The summed E-state index contributed by atoms with van der Waals surface area (Å²) in [5, 5.41) is 3.69. The Morgan fingerprint density at radius 1 is 0.435 bits per heavy atom. The van der Waals surface area contributed by atoms with E-state index in [-0.39, 0.29) is 5.41 Å². The number of hydrogen-bond acceptors (Lipinski definition) is 2. The zero-order valence-electron chi connectivity index (χ0n) is 34.6. The van der Waals surface area contributed by atoms with Crippen molar-refractivity contribution in [2.45, 2.75) is 19.3 Å². The summed E-state index contributed by atoms with van der Waals surface area (Å²) < 4.78 is 4.70. The van der Waals surface area contributed by atoms with Gasteiger partial charge in [0.05, 0.1) is 22.2 Å². The summed E-state index contributed by atoms with van der Waals surface area (Å²) in [5.41, 5.74) is 18.8. The molecule has 0 N–H and O–H groups in total. The van der Waals surface area contributed by atoms with Gasteiger partial charge in [-0.25, -0.2) is 0 Å². The second-order valence-corrected chi connectivity index (χ2v) is 16.9. The lowest BCUT2D eigenvalue weighted by atomic mass is 9.82. The predicted octanol–water partition coefficient (Wildman–Crippen LogP) is 15.2. The molecule has 0 saturated carbocycles. The Morgan fingerprint density at radius 3 is 1.81 bits per heavy atom. The summed E-state index contributed by atoms with van der Waals surface area (Å²) in [6, 6.07) is 75.0. The second kappa shape index (κ2) is 14.1. The molecule has 0 spiro atoms. The molecule has 0 bridgehead atoms. The number of pyridine rings is 1. The molecule has 0 amide bonds. The number of para-hydroxylation sites is 2. The molecule has 294 valence electrons. The van der Waals surface area contributed by atoms with Gasteiger partial charge >= 0.3 is 0 Å². The average Bonchev–Trinajstić information content (AvgIpc) is 3.97. The zero-order valence-corrected chi connectivity index (χ0v) is 34.6. The van der Waals surface area contributed by atoms with Gasteiger partial charge in [-0.05, 0) is 137 Å². The highest BCUT2D eigenvalue weighted by Gasteiger charge is 2.35. The van der Waals surface area contributed by atoms with Crippen molar-refractivity contribution in [1.82, 2.24) is 14.1 Å². The quantitative estimate of drug-likeness (QED) is 0.161. The van der Waals surface area contributed by atoms with Crippen LogP contribution in [0.15, 0.2) is 219 Å². The maximum atomic E-state index is 4.62. The van der Waals surface area contributed by atoms with Crippen LogP contribution < -0.4 is 4.90 Å². The van der Waals surface area contributed by atoms with Crippen molar-refractivity contribution < 1.29 is 0 Å². The number of benzene rings is 8. The predicted molar refractivity (Wildman–Crippen MR) is 259 cm³/mol. The lowest BCUT2D eigenvalue weighted by molar-refractivity contribution is 0.660. The molecule has 0 radical (unpaired) electrons. The fourth-order valence-corrected chi connectivity index (χ4v) is 9.89. The summed E-state index contributed by atoms with van der Waals surface area (Å²) in [5.74, 6) is 0. The number of anilines is 3. The first-order valence-corrected chi connectivity index (χ1v) is 21.4. The Hall–Kier alpha value is -7.95. The molecule has 8 aromatic carbocycles. The van der Waals surface area contributed by atoms with E-state index in [1.165, 1.54) is 66.1 Å². The van der Waals surface area contributed by atoms with E-state index in [1.54, 1.807) is 0 Å². The van der Waals surface area contributed by atoms with Gasteiger partial charge in [-0.15, -0.1) is 0 Å². The van der Waals surface area contributed by atoms with Gasteiger partial charge in [0.1, 0.15) is 0 Å². The van der Waals surface area contributed by atoms with E-state index in [2.05, 4.69) is 233 Å². The highest BCUT2D eigenvalue weighted by molar-refractivity contribution is 6.14. The minimum absolute atomic E-state index is 0.111. The maximum absolute atomic E-state index is 4.62. The Labute approximate surface area is 361 Å². The van der Waals surface area contributed by atoms with Crippen LogP contribution >= 0.6 is 0 Å². The highest BCUT2D eigenvalue weighted by Crippen LogP contribution is 2.51. The molecule has 0 atom stereocenters. The van der Waals surface area contributed by atoms with Gasteiger partial charge in [0.15, 0.2) is 0 Å². The number of nitrogens with zero attached hydrogens (tertiary/aromatic N) is 4. The normalized spacial score (nSPS) is 12.8. The first kappa shape index (κ1) is 35.9. The van der Waals surface area contributed by atoms with E-state index in [9.17, 15) is 0 Å². The van der Waals surface area contributed by atoms with Crippen LogP contribution in [0.25, 0.3) is 77.6 Å². The van der Waals surface area contributed by atoms with Crippen LogP contribution in [0.4, 0.5) is 17.1 Å². The summed E-state index contributed by atoms with van der Waals surface area (Å²) in [6.07, 6.45) is 4.03. The summed E-state index contributed by atoms with van der Waals surface area (Å²) in [6.45, 7) is 4.69. The van der Waals surface area contributed by atoms with E-state index < -0.39 is 0 Å². The van der Waals surface area contributed by atoms with Crippen molar-refractivity contribution in [2.24, 2.45) is 0 Å². The van der Waals surface area contributed by atoms with Crippen molar-refractivity contribution >= 4 is 49.8 Å². The molecule has 62 heavy (non-hydrogen) atoms. The van der Waals surface area contributed by atoms with Crippen LogP contribution in [0.2, 0.25) is 0 Å². The molecule has 0 fully saturated rings. The molecule has 3 heterocycles. The molecular formula is C58H42N4. The number of rotatable bonds is 7. The minimum Gasteiger partial charge on any atom is -0.316 e. The lowest BCUT2D eigenvalue weighted by Gasteiger charge is -2.28. The van der Waals surface area contributed by atoms with Crippen molar-refractivity contribution in [3.05, 3.63) is 230 Å². The molecule has 1 aliphatic carbocycles. The first-order valence-electron chi connectivity index (χ1n) is 21.4. The largest absolute Gasteiger partial charge is 0.316 e. The van der Waals surface area contributed by atoms with Crippen molar-refractivity contribution in [2.75, 3.05) is 4.90 Å². The van der Waals surface area contributed by atoms with Gasteiger partial charge in [-0.2, -0.15) is 0 Å². The molecule has 4 nitrogen and oxygen atoms in total. The highest BCUT2D eigenvalue weighted by atomic mass is 15.1. The summed E-state index contributed by atoms with van der Waals surface area (Å²) >= 11 is 0. The van der Waals surface area contributed by atoms with Crippen molar-refractivity contribution in [3.8, 4) is 44.9 Å². The van der Waals surface area contributed by atoms with Gasteiger partial charge in [0.2, 0.25) is 0 Å². The Morgan fingerprint density at radius 2 is 1.06 bits per heavy atom. The Bertz CT molecular complexity index is 3450. The number of fused-ring (bicyclic) bond motifs is 7. The van der Waals surface area contributed by atoms with Crippen molar-refractivity contribution in [1.29, 1.82) is 0 Å². The Balaban J connectivity index is 0.971. The van der Waals surface area contributed by atoms with Crippen LogP contribution in [0, 0.1) is 0 Å². The van der Waals surface area contributed by atoms with Crippen LogP contribution in [0.5, 0.6) is 0 Å². The first-order chi connectivity index (χ1) is 30.5. The zero-order chi connectivity index (χ0) is 41.4. The summed E-state index contributed by atoms with van der Waals surface area (Å²) in [4.78, 5) is 7.00. The molecular weight excluding hydrogens is 753 g/mol. The van der Waals surface area contributed by atoms with Crippen LogP contribution in [-0.2, 0) is 5.41 Å². The minimum atomic E-state index is -0.111. The van der Waals surface area contributed by atoms with Crippen molar-refractivity contribution in [3.63, 3.8) is 0 Å². The Kier molecular flexibility index (Phi) is 8.16. The smallest absolute Gasteiger partial charge is 0.0701 e. The summed E-state index contributed by atoms with van der Waals surface area (Å²) in [7, 11) is 0. The maximum Gasteiger partial charge on any atom is 0.0701 e. The monoisotopic (exact) mass is 794 g/mol. The molecule has 0 saturated heterocycles. The topological polar surface area (TPSA) is 26.0 Å². The van der Waals surface area contributed by atoms with E-state index >= 15 is 0 Å². The third-order valence-electron chi connectivity index (χ3n) is 13.0. The molecule has 4 heteroatoms. The average molecular weight is 795 g/mol. The van der Waals surface area contributed by atoms with E-state index in [0.29, 0.717) is 0 Å². The van der Waals surface area contributed by atoms with E-state index in [1.807, 2.05) is 18.3 Å². The molecule has 12 rings (SSSR count). The third kappa shape index (κ3) is 5.72.